The number of halogens is 1. The summed E-state index contributed by atoms with van der Waals surface area (Å²) in [6.07, 6.45) is 0.887. The number of nitrogens with zero attached hydrogens (tertiary/aromatic N) is 1. The van der Waals surface area contributed by atoms with Crippen LogP contribution in [0, 0.1) is 32.7 Å². The molecule has 5 rings (SSSR count). The SMILES string of the molecule is CC1[C@@H](NC(=O)[C@@H]2[C@H]([C@H](C)O)[C@H](CO)ON2Cc2cccc(I)c2)C[C@H]2C[C@@H]1C2(C)C. The molecule has 1 aromatic rings. The van der Waals surface area contributed by atoms with Crippen LogP contribution >= 0.6 is 22.6 Å². The molecule has 31 heavy (non-hydrogen) atoms. The summed E-state index contributed by atoms with van der Waals surface area (Å²) in [6, 6.07) is 7.56. The van der Waals surface area contributed by atoms with Crippen molar-refractivity contribution in [3.63, 3.8) is 0 Å². The van der Waals surface area contributed by atoms with Crippen molar-refractivity contribution in [1.82, 2.24) is 10.4 Å². The first-order valence-corrected chi connectivity index (χ1v) is 12.5. The molecule has 0 spiro atoms. The summed E-state index contributed by atoms with van der Waals surface area (Å²) in [5, 5.41) is 25.3. The number of hydrogen-bond donors (Lipinski definition) is 3. The highest BCUT2D eigenvalue weighted by Gasteiger charge is 2.57. The Hall–Kier alpha value is -0.740. The van der Waals surface area contributed by atoms with Crippen LogP contribution in [0.15, 0.2) is 24.3 Å². The number of nitrogens with one attached hydrogen (secondary N) is 1. The zero-order valence-corrected chi connectivity index (χ0v) is 21.0. The van der Waals surface area contributed by atoms with Crippen molar-refractivity contribution in [2.75, 3.05) is 6.61 Å². The monoisotopic (exact) mass is 542 g/mol. The number of fused-ring (bicyclic) bond motifs is 2. The number of carbonyl (C=O) groups excluding carboxylic acids is 1. The maximum Gasteiger partial charge on any atom is 0.240 e. The van der Waals surface area contributed by atoms with Gasteiger partial charge in [-0.15, -0.1) is 0 Å². The lowest BCUT2D eigenvalue weighted by molar-refractivity contribution is -0.183. The summed E-state index contributed by atoms with van der Waals surface area (Å²) in [5.74, 6) is 1.12. The van der Waals surface area contributed by atoms with Crippen molar-refractivity contribution in [2.24, 2.45) is 29.1 Å². The van der Waals surface area contributed by atoms with Gasteiger partial charge in [0, 0.05) is 15.5 Å². The van der Waals surface area contributed by atoms with Gasteiger partial charge < -0.3 is 15.5 Å². The Bertz CT molecular complexity index is 817. The zero-order valence-electron chi connectivity index (χ0n) is 18.8. The summed E-state index contributed by atoms with van der Waals surface area (Å²) in [4.78, 5) is 19.6. The Morgan fingerprint density at radius 2 is 2.13 bits per heavy atom. The summed E-state index contributed by atoms with van der Waals surface area (Å²) in [5.41, 5.74) is 1.39. The smallest absolute Gasteiger partial charge is 0.240 e. The van der Waals surface area contributed by atoms with E-state index in [9.17, 15) is 15.0 Å². The first-order valence-electron chi connectivity index (χ1n) is 11.4. The van der Waals surface area contributed by atoms with E-state index in [1.165, 1.54) is 6.42 Å². The third kappa shape index (κ3) is 4.28. The van der Waals surface area contributed by atoms with Gasteiger partial charge in [-0.3, -0.25) is 9.63 Å². The molecule has 1 amide bonds. The van der Waals surface area contributed by atoms with E-state index in [-0.39, 0.29) is 18.6 Å². The first-order chi connectivity index (χ1) is 14.6. The molecule has 3 saturated carbocycles. The second-order valence-corrected chi connectivity index (χ2v) is 11.6. The van der Waals surface area contributed by atoms with Crippen LogP contribution in [-0.4, -0.2) is 52.1 Å². The lowest BCUT2D eigenvalue weighted by atomic mass is 9.45. The van der Waals surface area contributed by atoms with Crippen LogP contribution < -0.4 is 5.32 Å². The molecule has 3 aliphatic carbocycles. The van der Waals surface area contributed by atoms with Gasteiger partial charge in [-0.1, -0.05) is 32.9 Å². The van der Waals surface area contributed by atoms with Crippen LogP contribution in [0.3, 0.4) is 0 Å². The quantitative estimate of drug-likeness (QED) is 0.482. The zero-order chi connectivity index (χ0) is 22.5. The average molecular weight is 542 g/mol. The van der Waals surface area contributed by atoms with E-state index in [4.69, 9.17) is 4.84 Å². The third-order valence-electron chi connectivity index (χ3n) is 8.29. The molecule has 4 aliphatic rings. The normalized spacial score (nSPS) is 37.8. The van der Waals surface area contributed by atoms with Gasteiger partial charge >= 0.3 is 0 Å². The van der Waals surface area contributed by atoms with E-state index in [2.05, 4.69) is 54.7 Å². The molecule has 1 unspecified atom stereocenters. The molecular formula is C24H35IN2O4. The highest BCUT2D eigenvalue weighted by Crippen LogP contribution is 2.61. The summed E-state index contributed by atoms with van der Waals surface area (Å²) in [6.45, 7) is 8.82. The minimum absolute atomic E-state index is 0.108. The predicted molar refractivity (Wildman–Crippen MR) is 127 cm³/mol. The lowest BCUT2D eigenvalue weighted by Gasteiger charge is -2.62. The van der Waals surface area contributed by atoms with Gasteiger partial charge in [0.1, 0.15) is 12.1 Å². The Kier molecular flexibility index (Phi) is 6.72. The molecule has 1 heterocycles. The third-order valence-corrected chi connectivity index (χ3v) is 8.96. The Labute approximate surface area is 198 Å². The Balaban J connectivity index is 1.53. The number of amides is 1. The average Bonchev–Trinajstić information content (AvgIpc) is 3.07. The van der Waals surface area contributed by atoms with E-state index in [1.807, 2.05) is 18.2 Å². The molecule has 172 valence electrons. The van der Waals surface area contributed by atoms with Crippen molar-refractivity contribution >= 4 is 28.5 Å². The number of carbonyl (C=O) groups is 1. The summed E-state index contributed by atoms with van der Waals surface area (Å²) in [7, 11) is 0. The van der Waals surface area contributed by atoms with Gasteiger partial charge in [-0.2, -0.15) is 5.06 Å². The first kappa shape index (κ1) is 23.4. The van der Waals surface area contributed by atoms with E-state index < -0.39 is 24.2 Å². The van der Waals surface area contributed by atoms with Crippen molar-refractivity contribution in [3.8, 4) is 0 Å². The van der Waals surface area contributed by atoms with Crippen molar-refractivity contribution in [3.05, 3.63) is 33.4 Å². The standard InChI is InChI=1S/C24H35IN2O4/c1-13-18-9-16(24(18,3)4)10-19(13)26-23(30)22-21(14(2)29)20(12-28)31-27(22)11-15-6-5-7-17(25)8-15/h5-8,13-14,16,18-22,28-29H,9-12H2,1-4H3,(H,26,30)/t13?,14-,16+,18-,19-,20-,21+,22-/m0/s1. The second kappa shape index (κ2) is 8.89. The predicted octanol–water partition coefficient (Wildman–Crippen LogP) is 2.95. The fourth-order valence-corrected chi connectivity index (χ4v) is 6.91. The van der Waals surface area contributed by atoms with E-state index in [1.54, 1.807) is 12.0 Å². The van der Waals surface area contributed by atoms with Crippen LogP contribution in [-0.2, 0) is 16.2 Å². The number of aliphatic hydroxyl groups excluding tert-OH is 2. The number of aliphatic hydroxyl groups is 2. The fraction of sp³-hybridized carbons (Fsp3) is 0.708. The van der Waals surface area contributed by atoms with Gasteiger partial charge in [-0.25, -0.2) is 0 Å². The molecule has 4 fully saturated rings. The van der Waals surface area contributed by atoms with Crippen LogP contribution in [0.1, 0.15) is 46.1 Å². The molecule has 0 radical (unpaired) electrons. The molecule has 2 bridgehead atoms. The molecule has 1 saturated heterocycles. The van der Waals surface area contributed by atoms with Gasteiger partial charge in [-0.05, 0) is 83.2 Å². The number of rotatable bonds is 6. The van der Waals surface area contributed by atoms with Crippen LogP contribution in [0.5, 0.6) is 0 Å². The highest BCUT2D eigenvalue weighted by atomic mass is 127. The van der Waals surface area contributed by atoms with Gasteiger partial charge in [0.25, 0.3) is 0 Å². The van der Waals surface area contributed by atoms with E-state index >= 15 is 0 Å². The molecule has 1 aromatic carbocycles. The van der Waals surface area contributed by atoms with Crippen molar-refractivity contribution < 1.29 is 19.8 Å². The van der Waals surface area contributed by atoms with E-state index in [0.29, 0.717) is 29.7 Å². The largest absolute Gasteiger partial charge is 0.394 e. The highest BCUT2D eigenvalue weighted by molar-refractivity contribution is 14.1. The fourth-order valence-electron chi connectivity index (χ4n) is 6.30. The molecular weight excluding hydrogens is 507 g/mol. The van der Waals surface area contributed by atoms with Crippen LogP contribution in [0.4, 0.5) is 0 Å². The molecule has 7 heteroatoms. The lowest BCUT2D eigenvalue weighted by Crippen LogP contribution is -2.62. The van der Waals surface area contributed by atoms with E-state index in [0.717, 1.165) is 15.6 Å². The summed E-state index contributed by atoms with van der Waals surface area (Å²) < 4.78 is 1.11. The Morgan fingerprint density at radius 1 is 1.39 bits per heavy atom. The van der Waals surface area contributed by atoms with Crippen LogP contribution in [0.2, 0.25) is 0 Å². The van der Waals surface area contributed by atoms with Crippen molar-refractivity contribution in [1.29, 1.82) is 0 Å². The minimum Gasteiger partial charge on any atom is -0.394 e. The van der Waals surface area contributed by atoms with Gasteiger partial charge in [0.2, 0.25) is 5.91 Å². The molecule has 8 atom stereocenters. The molecule has 0 aromatic heterocycles. The number of hydroxylamine groups is 2. The number of benzene rings is 1. The van der Waals surface area contributed by atoms with Gasteiger partial charge in [0.05, 0.1) is 19.3 Å². The molecule has 6 nitrogen and oxygen atoms in total. The second-order valence-electron chi connectivity index (χ2n) is 10.4. The Morgan fingerprint density at radius 3 is 2.71 bits per heavy atom. The van der Waals surface area contributed by atoms with Crippen LogP contribution in [0.25, 0.3) is 0 Å². The van der Waals surface area contributed by atoms with Gasteiger partial charge in [0.15, 0.2) is 0 Å². The molecule has 3 N–H and O–H groups in total. The van der Waals surface area contributed by atoms with Crippen molar-refractivity contribution in [2.45, 2.75) is 71.4 Å². The maximum absolute atomic E-state index is 13.6. The molecule has 1 aliphatic heterocycles. The topological polar surface area (TPSA) is 82.0 Å². The maximum atomic E-state index is 13.6. The minimum atomic E-state index is -0.773. The summed E-state index contributed by atoms with van der Waals surface area (Å²) >= 11 is 2.27. The number of hydrogen-bond acceptors (Lipinski definition) is 5.